The molecule has 7 nitrogen and oxygen atoms in total. The van der Waals surface area contributed by atoms with Crippen LogP contribution in [0.5, 0.6) is 0 Å². The lowest BCUT2D eigenvalue weighted by Crippen LogP contribution is -2.52. The number of imide groups is 1. The molecule has 1 unspecified atom stereocenters. The molecule has 0 aromatic heterocycles. The number of amides is 4. The molecule has 2 aliphatic rings. The maximum absolute atomic E-state index is 13.6. The van der Waals surface area contributed by atoms with Gasteiger partial charge in [0.25, 0.3) is 11.8 Å². The number of nitrogens with one attached hydrogen (secondary N) is 2. The summed E-state index contributed by atoms with van der Waals surface area (Å²) < 4.78 is 13.6. The molecule has 0 bridgehead atoms. The van der Waals surface area contributed by atoms with Crippen molar-refractivity contribution in [2.45, 2.75) is 32.0 Å². The van der Waals surface area contributed by atoms with Gasteiger partial charge in [0.05, 0.1) is 5.02 Å². The normalized spacial score (nSPS) is 18.3. The number of halogens is 2. The maximum atomic E-state index is 13.6. The first-order chi connectivity index (χ1) is 14.3. The van der Waals surface area contributed by atoms with E-state index in [-0.39, 0.29) is 48.3 Å². The van der Waals surface area contributed by atoms with Gasteiger partial charge in [-0.25, -0.2) is 4.39 Å². The van der Waals surface area contributed by atoms with Crippen molar-refractivity contribution >= 4 is 35.2 Å². The van der Waals surface area contributed by atoms with Gasteiger partial charge in [0.1, 0.15) is 11.9 Å². The van der Waals surface area contributed by atoms with Gasteiger partial charge in [0.15, 0.2) is 0 Å². The fraction of sp³-hybridized carbons (Fsp3) is 0.238. The van der Waals surface area contributed by atoms with Crippen LogP contribution in [0.4, 0.5) is 4.39 Å². The van der Waals surface area contributed by atoms with Gasteiger partial charge in [0.2, 0.25) is 11.8 Å². The van der Waals surface area contributed by atoms with Gasteiger partial charge in [-0.2, -0.15) is 0 Å². The summed E-state index contributed by atoms with van der Waals surface area (Å²) in [5.41, 5.74) is 2.03. The van der Waals surface area contributed by atoms with Crippen molar-refractivity contribution in [1.29, 1.82) is 0 Å². The lowest BCUT2D eigenvalue weighted by molar-refractivity contribution is -0.136. The molecule has 2 aromatic rings. The fourth-order valence-electron chi connectivity index (χ4n) is 3.73. The SMILES string of the molecule is O=C1CCC(N2Cc3c(CNC(=O)c4ccc(Cl)c(F)c4)cccc3C2=O)C(=O)N1. The third-order valence-electron chi connectivity index (χ3n) is 5.30. The predicted octanol–water partition coefficient (Wildman–Crippen LogP) is 2.17. The highest BCUT2D eigenvalue weighted by Gasteiger charge is 2.39. The molecule has 9 heteroatoms. The average Bonchev–Trinajstić information content (AvgIpc) is 3.05. The van der Waals surface area contributed by atoms with Crippen LogP contribution >= 0.6 is 11.6 Å². The number of piperidine rings is 1. The van der Waals surface area contributed by atoms with Gasteiger partial charge in [0, 0.05) is 30.6 Å². The van der Waals surface area contributed by atoms with Gasteiger partial charge < -0.3 is 10.2 Å². The first-order valence-corrected chi connectivity index (χ1v) is 9.71. The molecule has 30 heavy (non-hydrogen) atoms. The number of carbonyl (C=O) groups is 4. The molecule has 1 fully saturated rings. The fourth-order valence-corrected chi connectivity index (χ4v) is 3.85. The number of hydrogen-bond donors (Lipinski definition) is 2. The third kappa shape index (κ3) is 3.66. The molecule has 2 aliphatic heterocycles. The van der Waals surface area contributed by atoms with Gasteiger partial charge in [-0.3, -0.25) is 24.5 Å². The molecule has 2 heterocycles. The highest BCUT2D eigenvalue weighted by atomic mass is 35.5. The Morgan fingerprint density at radius 2 is 2.03 bits per heavy atom. The van der Waals surface area contributed by atoms with Crippen molar-refractivity contribution in [3.05, 3.63) is 69.5 Å². The Morgan fingerprint density at radius 3 is 2.77 bits per heavy atom. The number of fused-ring (bicyclic) bond motifs is 1. The Bertz CT molecular complexity index is 1090. The summed E-state index contributed by atoms with van der Waals surface area (Å²) in [4.78, 5) is 50.2. The lowest BCUT2D eigenvalue weighted by Gasteiger charge is -2.29. The highest BCUT2D eigenvalue weighted by molar-refractivity contribution is 6.30. The van der Waals surface area contributed by atoms with Crippen LogP contribution in [0.3, 0.4) is 0 Å². The molecule has 4 amide bonds. The number of hydrogen-bond acceptors (Lipinski definition) is 4. The molecule has 4 rings (SSSR count). The van der Waals surface area contributed by atoms with E-state index in [9.17, 15) is 23.6 Å². The third-order valence-corrected chi connectivity index (χ3v) is 5.61. The molecule has 0 aliphatic carbocycles. The monoisotopic (exact) mass is 429 g/mol. The molecule has 2 aromatic carbocycles. The van der Waals surface area contributed by atoms with Gasteiger partial charge >= 0.3 is 0 Å². The predicted molar refractivity (Wildman–Crippen MR) is 105 cm³/mol. The molecule has 2 N–H and O–H groups in total. The summed E-state index contributed by atoms with van der Waals surface area (Å²) in [6, 6.07) is 8.23. The van der Waals surface area contributed by atoms with E-state index < -0.39 is 23.7 Å². The summed E-state index contributed by atoms with van der Waals surface area (Å²) in [7, 11) is 0. The minimum absolute atomic E-state index is 0.0699. The van der Waals surface area contributed by atoms with Gasteiger partial charge in [-0.05, 0) is 41.8 Å². The standard InChI is InChI=1S/C21H17ClFN3O4/c22-15-5-4-11(8-16(15)23)19(28)24-9-12-2-1-3-13-14(12)10-26(21(13)30)17-6-7-18(27)25-20(17)29/h1-5,8,17H,6-7,9-10H2,(H,24,28)(H,25,27,29). The van der Waals surface area contributed by atoms with Gasteiger partial charge in [-0.1, -0.05) is 23.7 Å². The number of benzene rings is 2. The van der Waals surface area contributed by atoms with Crippen LogP contribution in [0.1, 0.15) is 44.7 Å². The van der Waals surface area contributed by atoms with E-state index in [1.807, 2.05) is 0 Å². The zero-order valence-electron chi connectivity index (χ0n) is 15.7. The average molecular weight is 430 g/mol. The molecule has 1 saturated heterocycles. The Balaban J connectivity index is 1.50. The Morgan fingerprint density at radius 1 is 1.23 bits per heavy atom. The van der Waals surface area contributed by atoms with E-state index in [0.29, 0.717) is 5.56 Å². The van der Waals surface area contributed by atoms with Crippen LogP contribution in [-0.4, -0.2) is 34.6 Å². The first kappa shape index (κ1) is 20.0. The van der Waals surface area contributed by atoms with Crippen molar-refractivity contribution in [1.82, 2.24) is 15.5 Å². The molecule has 0 radical (unpaired) electrons. The van der Waals surface area contributed by atoms with E-state index in [1.165, 1.54) is 17.0 Å². The van der Waals surface area contributed by atoms with Crippen molar-refractivity contribution in [2.75, 3.05) is 0 Å². The smallest absolute Gasteiger partial charge is 0.255 e. The first-order valence-electron chi connectivity index (χ1n) is 9.34. The second kappa shape index (κ2) is 7.87. The van der Waals surface area contributed by atoms with E-state index in [0.717, 1.165) is 17.2 Å². The second-order valence-corrected chi connectivity index (χ2v) is 7.56. The van der Waals surface area contributed by atoms with E-state index in [1.54, 1.807) is 18.2 Å². The highest BCUT2D eigenvalue weighted by Crippen LogP contribution is 2.29. The lowest BCUT2D eigenvalue weighted by atomic mass is 10.0. The quantitative estimate of drug-likeness (QED) is 0.728. The van der Waals surface area contributed by atoms with Gasteiger partial charge in [-0.15, -0.1) is 0 Å². The number of carbonyl (C=O) groups excluding carboxylic acids is 4. The van der Waals surface area contributed by atoms with E-state index >= 15 is 0 Å². The maximum Gasteiger partial charge on any atom is 0.255 e. The van der Waals surface area contributed by atoms with Crippen molar-refractivity contribution in [2.24, 2.45) is 0 Å². The summed E-state index contributed by atoms with van der Waals surface area (Å²) >= 11 is 5.64. The number of rotatable bonds is 4. The Kier molecular flexibility index (Phi) is 5.26. The molecule has 0 saturated carbocycles. The summed E-state index contributed by atoms with van der Waals surface area (Å²) in [6.07, 6.45) is 0.454. The van der Waals surface area contributed by atoms with Crippen LogP contribution in [0.25, 0.3) is 0 Å². The zero-order chi connectivity index (χ0) is 21.4. The molecular weight excluding hydrogens is 413 g/mol. The van der Waals surface area contributed by atoms with Crippen molar-refractivity contribution in [3.8, 4) is 0 Å². The van der Waals surface area contributed by atoms with Crippen molar-refractivity contribution < 1.29 is 23.6 Å². The zero-order valence-corrected chi connectivity index (χ0v) is 16.5. The van der Waals surface area contributed by atoms with Crippen LogP contribution in [0.2, 0.25) is 5.02 Å². The second-order valence-electron chi connectivity index (χ2n) is 7.15. The van der Waals surface area contributed by atoms with Crippen LogP contribution in [0.15, 0.2) is 36.4 Å². The molecular formula is C21H17ClFN3O4. The van der Waals surface area contributed by atoms with Crippen LogP contribution < -0.4 is 10.6 Å². The Labute approximate surface area is 176 Å². The van der Waals surface area contributed by atoms with E-state index in [2.05, 4.69) is 10.6 Å². The van der Waals surface area contributed by atoms with Crippen LogP contribution in [-0.2, 0) is 22.7 Å². The Hall–Kier alpha value is -3.26. The molecule has 1 atom stereocenters. The largest absolute Gasteiger partial charge is 0.348 e. The van der Waals surface area contributed by atoms with Crippen LogP contribution in [0, 0.1) is 5.82 Å². The van der Waals surface area contributed by atoms with Crippen molar-refractivity contribution in [3.63, 3.8) is 0 Å². The summed E-state index contributed by atoms with van der Waals surface area (Å²) in [5, 5.41) is 4.91. The minimum Gasteiger partial charge on any atom is -0.348 e. The number of nitrogens with zero attached hydrogens (tertiary/aromatic N) is 1. The van der Waals surface area contributed by atoms with E-state index in [4.69, 9.17) is 11.6 Å². The molecule has 0 spiro atoms. The summed E-state index contributed by atoms with van der Waals surface area (Å²) in [5.74, 6) is -2.27. The minimum atomic E-state index is -0.706. The topological polar surface area (TPSA) is 95.6 Å². The molecule has 154 valence electrons. The summed E-state index contributed by atoms with van der Waals surface area (Å²) in [6.45, 7) is 0.338.